The van der Waals surface area contributed by atoms with Crippen molar-refractivity contribution in [2.24, 2.45) is 0 Å². The molecule has 162 valence electrons. The lowest BCUT2D eigenvalue weighted by Gasteiger charge is -2.14. The number of ether oxygens (including phenoxy) is 1. The van der Waals surface area contributed by atoms with Gasteiger partial charge in [0.05, 0.1) is 30.7 Å². The van der Waals surface area contributed by atoms with E-state index in [1.165, 1.54) is 24.6 Å². The Morgan fingerprint density at radius 3 is 2.87 bits per heavy atom. The maximum Gasteiger partial charge on any atom is 0.235 e. The van der Waals surface area contributed by atoms with Crippen LogP contribution >= 0.6 is 11.8 Å². The molecule has 4 rings (SSSR count). The van der Waals surface area contributed by atoms with Crippen LogP contribution < -0.4 is 10.1 Å². The molecule has 1 aliphatic carbocycles. The van der Waals surface area contributed by atoms with E-state index in [-0.39, 0.29) is 11.7 Å². The lowest BCUT2D eigenvalue weighted by atomic mass is 10.2. The van der Waals surface area contributed by atoms with E-state index in [1.807, 2.05) is 39.6 Å². The predicted molar refractivity (Wildman–Crippen MR) is 121 cm³/mol. The van der Waals surface area contributed by atoms with Gasteiger partial charge < -0.3 is 10.1 Å². The number of aromatic nitrogens is 5. The monoisotopic (exact) mass is 438 g/mol. The number of para-hydroxylation sites is 1. The minimum atomic E-state index is -0.100. The highest BCUT2D eigenvalue weighted by atomic mass is 32.2. The summed E-state index contributed by atoms with van der Waals surface area (Å²) >= 11 is 1.34. The Kier molecular flexibility index (Phi) is 6.71. The van der Waals surface area contributed by atoms with E-state index in [0.29, 0.717) is 23.6 Å². The van der Waals surface area contributed by atoms with Gasteiger partial charge in [0, 0.05) is 12.6 Å². The molecule has 2 heterocycles. The molecule has 1 aromatic carbocycles. The standard InChI is InChI=1S/C22H26N6O2S/c1-3-14-27-21(17-10-6-7-11-18(17)30-2)25-26-22(27)31-15-20(29)24-19-12-13-23-28(19)16-8-4-5-9-16/h3,6-7,10-13,16H,1,4-5,8-9,14-15H2,2H3,(H,24,29). The second kappa shape index (κ2) is 9.82. The second-order valence-corrected chi connectivity index (χ2v) is 8.28. The van der Waals surface area contributed by atoms with Crippen LogP contribution in [0.3, 0.4) is 0 Å². The molecule has 2 aromatic heterocycles. The molecule has 0 radical (unpaired) electrons. The molecule has 0 spiro atoms. The van der Waals surface area contributed by atoms with Gasteiger partial charge in [-0.25, -0.2) is 4.68 Å². The summed E-state index contributed by atoms with van der Waals surface area (Å²) in [4.78, 5) is 12.6. The molecule has 8 nitrogen and oxygen atoms in total. The summed E-state index contributed by atoms with van der Waals surface area (Å²) in [5, 5.41) is 16.7. The number of allylic oxidation sites excluding steroid dienone is 1. The number of rotatable bonds is 9. The zero-order valence-corrected chi connectivity index (χ0v) is 18.3. The smallest absolute Gasteiger partial charge is 0.235 e. The maximum absolute atomic E-state index is 12.6. The number of benzene rings is 1. The molecule has 1 saturated carbocycles. The zero-order chi connectivity index (χ0) is 21.6. The normalized spacial score (nSPS) is 14.0. The van der Waals surface area contributed by atoms with Gasteiger partial charge in [0.2, 0.25) is 5.91 Å². The summed E-state index contributed by atoms with van der Waals surface area (Å²) in [6.07, 6.45) is 8.15. The fraction of sp³-hybridized carbons (Fsp3) is 0.364. The van der Waals surface area contributed by atoms with Crippen LogP contribution in [0.4, 0.5) is 5.82 Å². The fourth-order valence-corrected chi connectivity index (χ4v) is 4.63. The number of nitrogens with zero attached hydrogens (tertiary/aromatic N) is 5. The van der Waals surface area contributed by atoms with Crippen LogP contribution in [0.25, 0.3) is 11.4 Å². The number of hydrogen-bond donors (Lipinski definition) is 1. The third kappa shape index (κ3) is 4.66. The van der Waals surface area contributed by atoms with Crippen molar-refractivity contribution in [3.63, 3.8) is 0 Å². The Morgan fingerprint density at radius 1 is 1.29 bits per heavy atom. The first-order chi connectivity index (χ1) is 15.2. The molecule has 0 saturated heterocycles. The number of nitrogens with one attached hydrogen (secondary N) is 1. The lowest BCUT2D eigenvalue weighted by Crippen LogP contribution is -2.19. The van der Waals surface area contributed by atoms with Crippen LogP contribution in [0.15, 0.2) is 54.3 Å². The minimum Gasteiger partial charge on any atom is -0.496 e. The second-order valence-electron chi connectivity index (χ2n) is 7.34. The number of carbonyl (C=O) groups excluding carboxylic acids is 1. The number of hydrogen-bond acceptors (Lipinski definition) is 6. The number of carbonyl (C=O) groups is 1. The topological polar surface area (TPSA) is 86.9 Å². The van der Waals surface area contributed by atoms with E-state index in [9.17, 15) is 4.79 Å². The molecule has 9 heteroatoms. The molecule has 0 unspecified atom stereocenters. The molecule has 0 bridgehead atoms. The molecule has 0 aliphatic heterocycles. The number of methoxy groups -OCH3 is 1. The Hall–Kier alpha value is -3.07. The van der Waals surface area contributed by atoms with Gasteiger partial charge in [-0.2, -0.15) is 5.10 Å². The van der Waals surface area contributed by atoms with Crippen molar-refractivity contribution >= 4 is 23.5 Å². The molecular weight excluding hydrogens is 412 g/mol. The van der Waals surface area contributed by atoms with Gasteiger partial charge in [-0.3, -0.25) is 9.36 Å². The Morgan fingerprint density at radius 2 is 2.10 bits per heavy atom. The Balaban J connectivity index is 1.46. The van der Waals surface area contributed by atoms with Gasteiger partial charge in [-0.1, -0.05) is 42.8 Å². The van der Waals surface area contributed by atoms with E-state index in [4.69, 9.17) is 4.74 Å². The van der Waals surface area contributed by atoms with E-state index in [0.717, 1.165) is 30.0 Å². The van der Waals surface area contributed by atoms with Crippen LogP contribution in [-0.2, 0) is 11.3 Å². The summed E-state index contributed by atoms with van der Waals surface area (Å²) in [6, 6.07) is 9.88. The molecule has 1 amide bonds. The van der Waals surface area contributed by atoms with Crippen LogP contribution in [0.5, 0.6) is 5.75 Å². The van der Waals surface area contributed by atoms with Crippen LogP contribution in [0.1, 0.15) is 31.7 Å². The largest absolute Gasteiger partial charge is 0.496 e. The van der Waals surface area contributed by atoms with Crippen molar-refractivity contribution in [2.75, 3.05) is 18.2 Å². The minimum absolute atomic E-state index is 0.100. The first kappa shape index (κ1) is 21.2. The Bertz CT molecular complexity index is 1050. The van der Waals surface area contributed by atoms with Gasteiger partial charge >= 0.3 is 0 Å². The van der Waals surface area contributed by atoms with Crippen LogP contribution in [-0.4, -0.2) is 43.3 Å². The van der Waals surface area contributed by atoms with Crippen molar-refractivity contribution in [1.29, 1.82) is 0 Å². The fourth-order valence-electron chi connectivity index (χ4n) is 3.88. The SMILES string of the molecule is C=CCn1c(SCC(=O)Nc2ccnn2C2CCCC2)nnc1-c1ccccc1OC. The van der Waals surface area contributed by atoms with Crippen molar-refractivity contribution in [3.8, 4) is 17.1 Å². The average molecular weight is 439 g/mol. The highest BCUT2D eigenvalue weighted by Crippen LogP contribution is 2.32. The third-order valence-electron chi connectivity index (χ3n) is 5.32. The summed E-state index contributed by atoms with van der Waals surface area (Å²) in [5.74, 6) is 2.27. The molecule has 1 fully saturated rings. The van der Waals surface area contributed by atoms with Gasteiger partial charge in [0.25, 0.3) is 0 Å². The van der Waals surface area contributed by atoms with E-state index >= 15 is 0 Å². The highest BCUT2D eigenvalue weighted by molar-refractivity contribution is 7.99. The number of amides is 1. The summed E-state index contributed by atoms with van der Waals surface area (Å²) in [5.41, 5.74) is 0.844. The molecular formula is C22H26N6O2S. The van der Waals surface area contributed by atoms with Gasteiger partial charge in [0.1, 0.15) is 11.6 Å². The van der Waals surface area contributed by atoms with Gasteiger partial charge in [0.15, 0.2) is 11.0 Å². The molecule has 31 heavy (non-hydrogen) atoms. The number of anilines is 1. The average Bonchev–Trinajstić information content (AvgIpc) is 3.54. The Labute approximate surface area is 185 Å². The van der Waals surface area contributed by atoms with Gasteiger partial charge in [-0.05, 0) is 25.0 Å². The van der Waals surface area contributed by atoms with Crippen molar-refractivity contribution in [2.45, 2.75) is 43.4 Å². The van der Waals surface area contributed by atoms with Crippen molar-refractivity contribution in [3.05, 3.63) is 49.2 Å². The maximum atomic E-state index is 12.6. The van der Waals surface area contributed by atoms with Crippen LogP contribution in [0.2, 0.25) is 0 Å². The lowest BCUT2D eigenvalue weighted by molar-refractivity contribution is -0.113. The molecule has 1 N–H and O–H groups in total. The molecule has 3 aromatic rings. The van der Waals surface area contributed by atoms with Crippen molar-refractivity contribution in [1.82, 2.24) is 24.5 Å². The third-order valence-corrected chi connectivity index (χ3v) is 6.28. The van der Waals surface area contributed by atoms with Gasteiger partial charge in [-0.15, -0.1) is 16.8 Å². The van der Waals surface area contributed by atoms with E-state index in [1.54, 1.807) is 19.4 Å². The molecule has 1 aliphatic rings. The van der Waals surface area contributed by atoms with Crippen LogP contribution in [0, 0.1) is 0 Å². The van der Waals surface area contributed by atoms with Crippen molar-refractivity contribution < 1.29 is 9.53 Å². The van der Waals surface area contributed by atoms with E-state index in [2.05, 4.69) is 27.2 Å². The quantitative estimate of drug-likeness (QED) is 0.398. The summed E-state index contributed by atoms with van der Waals surface area (Å²) in [6.45, 7) is 4.37. The first-order valence-electron chi connectivity index (χ1n) is 10.3. The summed E-state index contributed by atoms with van der Waals surface area (Å²) in [7, 11) is 1.63. The first-order valence-corrected chi connectivity index (χ1v) is 11.3. The number of thioether (sulfide) groups is 1. The zero-order valence-electron chi connectivity index (χ0n) is 17.5. The van der Waals surface area contributed by atoms with E-state index < -0.39 is 0 Å². The molecule has 0 atom stereocenters. The predicted octanol–water partition coefficient (Wildman–Crippen LogP) is 4.18. The highest BCUT2D eigenvalue weighted by Gasteiger charge is 2.21. The summed E-state index contributed by atoms with van der Waals surface area (Å²) < 4.78 is 9.34.